The third-order valence-electron chi connectivity index (χ3n) is 1.63. The number of rotatable bonds is 0. The Morgan fingerprint density at radius 2 is 1.18 bits per heavy atom. The monoisotopic (exact) mass is 163 g/mol. The van der Waals surface area contributed by atoms with Crippen LogP contribution in [0.3, 0.4) is 0 Å². The lowest BCUT2D eigenvalue weighted by atomic mass is 10.2. The average Bonchev–Trinajstić information content (AvgIpc) is 1.90. The van der Waals surface area contributed by atoms with Gasteiger partial charge in [0, 0.05) is 0 Å². The maximum absolute atomic E-state index is 8.68. The smallest absolute Gasteiger partial charge is 0.204 e. The van der Waals surface area contributed by atoms with E-state index < -0.39 is 13.1 Å². The molecule has 0 atom stereocenters. The first kappa shape index (κ1) is 9.69. The number of nitrogens with zero attached hydrogens (tertiary/aromatic N) is 3. The molecule has 0 N–H and O–H groups in total. The largest absolute Gasteiger partial charge is 0.395 e. The second-order valence-electron chi connectivity index (χ2n) is 3.34. The van der Waals surface area contributed by atoms with Gasteiger partial charge < -0.3 is 0 Å². The third-order valence-corrected chi connectivity index (χ3v) is 4.88. The molecule has 0 saturated heterocycles. The Kier molecular flexibility index (Phi) is 2.41. The van der Waals surface area contributed by atoms with Crippen LogP contribution in [-0.2, 0) is 0 Å². The van der Waals surface area contributed by atoms with Gasteiger partial charge in [-0.2, -0.15) is 0 Å². The molecule has 0 aromatic carbocycles. The molecule has 0 heterocycles. The van der Waals surface area contributed by atoms with Gasteiger partial charge >= 0.3 is 8.07 Å². The molecule has 3 nitrogen and oxygen atoms in total. The first-order valence-corrected chi connectivity index (χ1v) is 5.17. The quantitative estimate of drug-likeness (QED) is 0.507. The maximum atomic E-state index is 8.68. The van der Waals surface area contributed by atoms with Crippen molar-refractivity contribution in [1.82, 2.24) is 0 Å². The Bertz CT molecular complexity index is 232. The fourth-order valence-corrected chi connectivity index (χ4v) is 1.73. The minimum absolute atomic E-state index is 0.481. The molecule has 0 rings (SSSR count). The summed E-state index contributed by atoms with van der Waals surface area (Å²) in [6.07, 6.45) is 0. The van der Waals surface area contributed by atoms with Gasteiger partial charge in [0.05, 0.1) is 17.1 Å². The standard InChI is InChI=1S/C7H9N3Si/c1-7(2,3)11(4-8,5-9)6-10/h1-3H3. The second-order valence-corrected chi connectivity index (χ2v) is 7.01. The Morgan fingerprint density at radius 3 is 1.18 bits per heavy atom. The Labute approximate surface area is 67.5 Å². The van der Waals surface area contributed by atoms with Crippen LogP contribution < -0.4 is 0 Å². The zero-order valence-electron chi connectivity index (χ0n) is 6.84. The van der Waals surface area contributed by atoms with Crippen molar-refractivity contribution in [2.75, 3.05) is 0 Å². The highest BCUT2D eigenvalue weighted by Crippen LogP contribution is 2.34. The predicted molar refractivity (Wildman–Crippen MR) is 42.3 cm³/mol. The van der Waals surface area contributed by atoms with Gasteiger partial charge in [-0.25, -0.2) is 15.8 Å². The summed E-state index contributed by atoms with van der Waals surface area (Å²) >= 11 is 0. The predicted octanol–water partition coefficient (Wildman–Crippen LogP) is 1.42. The van der Waals surface area contributed by atoms with Crippen LogP contribution in [-0.4, -0.2) is 8.07 Å². The summed E-state index contributed by atoms with van der Waals surface area (Å²) in [6, 6.07) is 0. The van der Waals surface area contributed by atoms with Crippen molar-refractivity contribution >= 4 is 8.07 Å². The van der Waals surface area contributed by atoms with Gasteiger partial charge in [-0.1, -0.05) is 20.8 Å². The summed E-state index contributed by atoms with van der Waals surface area (Å²) in [4.78, 5) is 0. The van der Waals surface area contributed by atoms with Gasteiger partial charge in [0.25, 0.3) is 0 Å². The Morgan fingerprint density at radius 1 is 0.909 bits per heavy atom. The number of nitriles is 3. The molecule has 0 spiro atoms. The molecule has 0 aliphatic heterocycles. The summed E-state index contributed by atoms with van der Waals surface area (Å²) in [5.41, 5.74) is 5.61. The molecule has 56 valence electrons. The minimum Gasteiger partial charge on any atom is -0.204 e. The van der Waals surface area contributed by atoms with Crippen LogP contribution in [0, 0.1) is 32.9 Å². The SMILES string of the molecule is CC(C)(C)[Si](C#N)(C#N)C#N. The van der Waals surface area contributed by atoms with E-state index in [1.165, 1.54) is 0 Å². The summed E-state index contributed by atoms with van der Waals surface area (Å²) in [5, 5.41) is 25.6. The Hall–Kier alpha value is -1.31. The molecule has 0 saturated carbocycles. The molecule has 0 radical (unpaired) electrons. The van der Waals surface area contributed by atoms with Crippen molar-refractivity contribution in [3.8, 4) is 17.1 Å². The molecule has 0 amide bonds. The normalized spacial score (nSPS) is 10.9. The zero-order valence-corrected chi connectivity index (χ0v) is 7.84. The highest BCUT2D eigenvalue weighted by molar-refractivity contribution is 7.01. The van der Waals surface area contributed by atoms with E-state index in [1.807, 2.05) is 17.1 Å². The van der Waals surface area contributed by atoms with Crippen molar-refractivity contribution in [2.45, 2.75) is 25.8 Å². The molecule has 11 heavy (non-hydrogen) atoms. The van der Waals surface area contributed by atoms with E-state index in [-0.39, 0.29) is 0 Å². The van der Waals surface area contributed by atoms with Gasteiger partial charge in [-0.15, -0.1) is 0 Å². The lowest BCUT2D eigenvalue weighted by Gasteiger charge is -2.22. The molecule has 0 aromatic rings. The second kappa shape index (κ2) is 2.74. The first-order chi connectivity index (χ1) is 4.93. The number of hydrogen-bond donors (Lipinski definition) is 0. The van der Waals surface area contributed by atoms with E-state index in [9.17, 15) is 0 Å². The van der Waals surface area contributed by atoms with Crippen LogP contribution in [0.2, 0.25) is 5.04 Å². The van der Waals surface area contributed by atoms with Crippen LogP contribution >= 0.6 is 0 Å². The van der Waals surface area contributed by atoms with Gasteiger partial charge in [0.1, 0.15) is 0 Å². The van der Waals surface area contributed by atoms with Crippen molar-refractivity contribution in [1.29, 1.82) is 15.8 Å². The van der Waals surface area contributed by atoms with Crippen molar-refractivity contribution in [2.24, 2.45) is 0 Å². The van der Waals surface area contributed by atoms with Crippen LogP contribution in [0.1, 0.15) is 20.8 Å². The summed E-state index contributed by atoms with van der Waals surface area (Å²) < 4.78 is 0. The topological polar surface area (TPSA) is 71.4 Å². The molecule has 0 bridgehead atoms. The summed E-state index contributed by atoms with van der Waals surface area (Å²) in [6.45, 7) is 5.28. The zero-order chi connectivity index (χ0) is 9.12. The summed E-state index contributed by atoms with van der Waals surface area (Å²) in [5.74, 6) is 0. The van der Waals surface area contributed by atoms with E-state index >= 15 is 0 Å². The van der Waals surface area contributed by atoms with Crippen LogP contribution in [0.25, 0.3) is 0 Å². The molecule has 0 aromatic heterocycles. The fourth-order valence-electron chi connectivity index (χ4n) is 0.578. The van der Waals surface area contributed by atoms with Gasteiger partial charge in [-0.05, 0) is 5.04 Å². The van der Waals surface area contributed by atoms with E-state index in [2.05, 4.69) is 0 Å². The lowest BCUT2D eigenvalue weighted by Crippen LogP contribution is -2.40. The van der Waals surface area contributed by atoms with Gasteiger partial charge in [0.15, 0.2) is 0 Å². The first-order valence-electron chi connectivity index (χ1n) is 3.17. The molecule has 0 aliphatic rings. The minimum atomic E-state index is -3.00. The van der Waals surface area contributed by atoms with Crippen molar-refractivity contribution in [3.63, 3.8) is 0 Å². The van der Waals surface area contributed by atoms with Crippen LogP contribution in [0.4, 0.5) is 0 Å². The van der Waals surface area contributed by atoms with Crippen LogP contribution in [0.5, 0.6) is 0 Å². The molecule has 0 unspecified atom stereocenters. The van der Waals surface area contributed by atoms with Crippen molar-refractivity contribution < 1.29 is 0 Å². The molecule has 0 fully saturated rings. The van der Waals surface area contributed by atoms with Gasteiger partial charge in [0.2, 0.25) is 0 Å². The molecular formula is C7H9N3Si. The van der Waals surface area contributed by atoms with E-state index in [4.69, 9.17) is 15.8 Å². The van der Waals surface area contributed by atoms with Crippen LogP contribution in [0.15, 0.2) is 0 Å². The molecular weight excluding hydrogens is 154 g/mol. The molecule has 0 aliphatic carbocycles. The average molecular weight is 163 g/mol. The lowest BCUT2D eigenvalue weighted by molar-refractivity contribution is 0.740. The Balaban J connectivity index is 5.16. The van der Waals surface area contributed by atoms with E-state index in [1.54, 1.807) is 20.8 Å². The molecule has 4 heteroatoms. The van der Waals surface area contributed by atoms with Crippen molar-refractivity contribution in [3.05, 3.63) is 0 Å². The summed E-state index contributed by atoms with van der Waals surface area (Å²) in [7, 11) is -3.00. The van der Waals surface area contributed by atoms with E-state index in [0.717, 1.165) is 0 Å². The fraction of sp³-hybridized carbons (Fsp3) is 0.571. The maximum Gasteiger partial charge on any atom is 0.395 e. The third kappa shape index (κ3) is 1.39. The highest BCUT2D eigenvalue weighted by atomic mass is 28.3. The highest BCUT2D eigenvalue weighted by Gasteiger charge is 2.48. The van der Waals surface area contributed by atoms with Gasteiger partial charge in [-0.3, -0.25) is 0 Å². The van der Waals surface area contributed by atoms with E-state index in [0.29, 0.717) is 0 Å². The number of hydrogen-bond acceptors (Lipinski definition) is 3.